The van der Waals surface area contributed by atoms with Crippen molar-refractivity contribution in [3.63, 3.8) is 0 Å². The van der Waals surface area contributed by atoms with E-state index in [1.807, 2.05) is 49.1 Å². The molecule has 1 amide bonds. The summed E-state index contributed by atoms with van der Waals surface area (Å²) in [5.41, 5.74) is 0.955. The lowest BCUT2D eigenvalue weighted by Crippen LogP contribution is -2.36. The van der Waals surface area contributed by atoms with Crippen LogP contribution in [0.5, 0.6) is 0 Å². The van der Waals surface area contributed by atoms with E-state index in [9.17, 15) is 9.90 Å². The Kier molecular flexibility index (Phi) is 4.97. The third kappa shape index (κ3) is 3.94. The Hall–Kier alpha value is -2.11. The van der Waals surface area contributed by atoms with Gasteiger partial charge in [0.25, 0.3) is 0 Å². The van der Waals surface area contributed by atoms with Crippen LogP contribution >= 0.6 is 0 Å². The van der Waals surface area contributed by atoms with E-state index in [1.165, 1.54) is 0 Å². The van der Waals surface area contributed by atoms with Crippen LogP contribution in [0.3, 0.4) is 0 Å². The van der Waals surface area contributed by atoms with Crippen LogP contribution < -0.4 is 10.2 Å². The molecule has 0 saturated carbocycles. The van der Waals surface area contributed by atoms with Crippen LogP contribution in [0.15, 0.2) is 40.8 Å². The van der Waals surface area contributed by atoms with E-state index in [1.54, 1.807) is 13.0 Å². The zero-order valence-electron chi connectivity index (χ0n) is 15.1. The van der Waals surface area contributed by atoms with Gasteiger partial charge in [0.15, 0.2) is 0 Å². The topological polar surface area (TPSA) is 65.7 Å². The smallest absolute Gasteiger partial charge is 0.227 e. The van der Waals surface area contributed by atoms with Crippen molar-refractivity contribution in [1.82, 2.24) is 5.32 Å². The Bertz CT molecular complexity index is 751. The minimum Gasteiger partial charge on any atom is -0.463 e. The summed E-state index contributed by atoms with van der Waals surface area (Å²) in [4.78, 5) is 13.8. The number of carbonyl (C=O) groups excluding carboxylic acids is 1. The summed E-state index contributed by atoms with van der Waals surface area (Å²) in [5.74, 6) is 1.53. The first-order valence-electron chi connectivity index (χ1n) is 8.80. The summed E-state index contributed by atoms with van der Waals surface area (Å²) < 4.78 is 5.55. The molecule has 3 rings (SSSR count). The van der Waals surface area contributed by atoms with Gasteiger partial charge in [0.1, 0.15) is 17.1 Å². The van der Waals surface area contributed by atoms with Gasteiger partial charge in [-0.3, -0.25) is 4.79 Å². The van der Waals surface area contributed by atoms with Crippen LogP contribution in [0.1, 0.15) is 49.8 Å². The molecule has 0 bridgehead atoms. The molecule has 0 radical (unpaired) electrons. The number of benzene rings is 1. The fourth-order valence-electron chi connectivity index (χ4n) is 3.16. The first kappa shape index (κ1) is 17.7. The maximum absolute atomic E-state index is 11.9. The number of aliphatic hydroxyl groups is 1. The molecule has 1 aromatic heterocycles. The summed E-state index contributed by atoms with van der Waals surface area (Å²) in [6.07, 6.45) is 1.55. The maximum atomic E-state index is 11.9. The number of hydrogen-bond donors (Lipinski definition) is 2. The molecule has 1 saturated heterocycles. The zero-order chi connectivity index (χ0) is 18.0. The third-order valence-corrected chi connectivity index (χ3v) is 4.78. The van der Waals surface area contributed by atoms with Gasteiger partial charge >= 0.3 is 0 Å². The highest BCUT2D eigenvalue weighted by Gasteiger charge is 2.27. The van der Waals surface area contributed by atoms with E-state index in [0.29, 0.717) is 18.7 Å². The number of furan rings is 1. The van der Waals surface area contributed by atoms with Crippen LogP contribution in [0.4, 0.5) is 5.69 Å². The van der Waals surface area contributed by atoms with Crippen LogP contribution in [0.2, 0.25) is 0 Å². The van der Waals surface area contributed by atoms with Gasteiger partial charge in [-0.1, -0.05) is 12.1 Å². The fourth-order valence-corrected chi connectivity index (χ4v) is 3.16. The number of nitrogens with zero attached hydrogens (tertiary/aromatic N) is 1. The summed E-state index contributed by atoms with van der Waals surface area (Å²) in [6, 6.07) is 11.7. The standard InChI is InChI=1S/C20H26N2O3/c1-14-9-10-18(25-14)20(3,24)13-21-15(2)16-6-4-7-17(12-16)22-11-5-8-19(22)23/h4,6-7,9-10,12,15,21,24H,5,8,11,13H2,1-3H3. The van der Waals surface area contributed by atoms with Crippen LogP contribution in [-0.2, 0) is 10.4 Å². The monoisotopic (exact) mass is 342 g/mol. The summed E-state index contributed by atoms with van der Waals surface area (Å²) in [7, 11) is 0. The number of nitrogens with one attached hydrogen (secondary N) is 1. The van der Waals surface area contributed by atoms with Crippen LogP contribution in [0.25, 0.3) is 0 Å². The molecule has 25 heavy (non-hydrogen) atoms. The average molecular weight is 342 g/mol. The zero-order valence-corrected chi connectivity index (χ0v) is 15.1. The van der Waals surface area contributed by atoms with Crippen molar-refractivity contribution in [3.8, 4) is 0 Å². The van der Waals surface area contributed by atoms with Gasteiger partial charge in [-0.25, -0.2) is 0 Å². The summed E-state index contributed by atoms with van der Waals surface area (Å²) in [6.45, 7) is 6.81. The summed E-state index contributed by atoms with van der Waals surface area (Å²) >= 11 is 0. The highest BCUT2D eigenvalue weighted by atomic mass is 16.4. The number of aryl methyl sites for hydroxylation is 1. The summed E-state index contributed by atoms with van der Waals surface area (Å²) in [5, 5.41) is 14.0. The molecule has 2 N–H and O–H groups in total. The number of rotatable bonds is 6. The third-order valence-electron chi connectivity index (χ3n) is 4.78. The Balaban J connectivity index is 1.67. The Morgan fingerprint density at radius 1 is 1.36 bits per heavy atom. The molecule has 1 aliphatic heterocycles. The van der Waals surface area contributed by atoms with E-state index in [2.05, 4.69) is 5.32 Å². The van der Waals surface area contributed by atoms with E-state index in [0.717, 1.165) is 30.0 Å². The first-order chi connectivity index (χ1) is 11.9. The lowest BCUT2D eigenvalue weighted by molar-refractivity contribution is -0.117. The largest absolute Gasteiger partial charge is 0.463 e. The molecule has 0 aliphatic carbocycles. The second kappa shape index (κ2) is 7.02. The van der Waals surface area contributed by atoms with Crippen molar-refractivity contribution in [3.05, 3.63) is 53.5 Å². The second-order valence-corrected chi connectivity index (χ2v) is 7.03. The SMILES string of the molecule is Cc1ccc(C(C)(O)CNC(C)c2cccc(N3CCCC3=O)c2)o1. The lowest BCUT2D eigenvalue weighted by atomic mass is 10.0. The lowest BCUT2D eigenvalue weighted by Gasteiger charge is -2.25. The molecule has 1 fully saturated rings. The quantitative estimate of drug-likeness (QED) is 0.845. The predicted molar refractivity (Wildman–Crippen MR) is 97.5 cm³/mol. The van der Waals surface area contributed by atoms with Crippen molar-refractivity contribution >= 4 is 11.6 Å². The Morgan fingerprint density at radius 3 is 2.80 bits per heavy atom. The maximum Gasteiger partial charge on any atom is 0.227 e. The average Bonchev–Trinajstić information content (AvgIpc) is 3.21. The minimum absolute atomic E-state index is 0.0418. The molecule has 2 atom stereocenters. The molecular formula is C20H26N2O3. The number of hydrogen-bond acceptors (Lipinski definition) is 4. The van der Waals surface area contributed by atoms with Gasteiger partial charge in [-0.2, -0.15) is 0 Å². The molecule has 2 heterocycles. The van der Waals surface area contributed by atoms with Crippen LogP contribution in [0, 0.1) is 6.92 Å². The van der Waals surface area contributed by atoms with Crippen molar-refractivity contribution < 1.29 is 14.3 Å². The Labute approximate surface area is 148 Å². The van der Waals surface area contributed by atoms with Gasteiger partial charge in [0.2, 0.25) is 5.91 Å². The molecule has 2 aromatic rings. The second-order valence-electron chi connectivity index (χ2n) is 7.03. The van der Waals surface area contributed by atoms with E-state index >= 15 is 0 Å². The van der Waals surface area contributed by atoms with Gasteiger partial charge in [0.05, 0.1) is 0 Å². The molecular weight excluding hydrogens is 316 g/mol. The van der Waals surface area contributed by atoms with Crippen molar-refractivity contribution in [2.75, 3.05) is 18.0 Å². The fraction of sp³-hybridized carbons (Fsp3) is 0.450. The van der Waals surface area contributed by atoms with Gasteiger partial charge in [-0.05, 0) is 57.0 Å². The number of carbonyl (C=O) groups is 1. The Morgan fingerprint density at radius 2 is 2.16 bits per heavy atom. The molecule has 0 spiro atoms. The predicted octanol–water partition coefficient (Wildman–Crippen LogP) is 3.27. The van der Waals surface area contributed by atoms with Crippen LogP contribution in [-0.4, -0.2) is 24.1 Å². The van der Waals surface area contributed by atoms with Gasteiger partial charge in [-0.15, -0.1) is 0 Å². The normalized spacial score (nSPS) is 18.4. The molecule has 5 heteroatoms. The molecule has 2 unspecified atom stereocenters. The van der Waals surface area contributed by atoms with Gasteiger partial charge in [0, 0.05) is 31.2 Å². The first-order valence-corrected chi connectivity index (χ1v) is 8.80. The highest BCUT2D eigenvalue weighted by Crippen LogP contribution is 2.26. The van der Waals surface area contributed by atoms with E-state index < -0.39 is 5.60 Å². The molecule has 134 valence electrons. The highest BCUT2D eigenvalue weighted by molar-refractivity contribution is 5.95. The molecule has 1 aliphatic rings. The minimum atomic E-state index is -1.08. The molecule has 5 nitrogen and oxygen atoms in total. The van der Waals surface area contributed by atoms with Crippen molar-refractivity contribution in [2.45, 2.75) is 45.3 Å². The van der Waals surface area contributed by atoms with E-state index in [4.69, 9.17) is 4.42 Å². The molecule has 1 aromatic carbocycles. The van der Waals surface area contributed by atoms with E-state index in [-0.39, 0.29) is 11.9 Å². The van der Waals surface area contributed by atoms with Crippen molar-refractivity contribution in [1.29, 1.82) is 0 Å². The van der Waals surface area contributed by atoms with Crippen molar-refractivity contribution in [2.24, 2.45) is 0 Å². The van der Waals surface area contributed by atoms with Gasteiger partial charge < -0.3 is 19.7 Å². The number of amides is 1. The number of anilines is 1.